The molecule has 0 saturated carbocycles. The number of hydrogen-bond donors (Lipinski definition) is 1. The van der Waals surface area contributed by atoms with Gasteiger partial charge in [0.2, 0.25) is 0 Å². The van der Waals surface area contributed by atoms with Crippen LogP contribution < -0.4 is 0 Å². The molecule has 4 nitrogen and oxygen atoms in total. The van der Waals surface area contributed by atoms with Gasteiger partial charge in [0.05, 0.1) is 19.2 Å². The molecule has 0 bridgehead atoms. The number of benzene rings is 1. The third kappa shape index (κ3) is 3.20. The van der Waals surface area contributed by atoms with Crippen molar-refractivity contribution in [3.8, 4) is 0 Å². The first kappa shape index (κ1) is 17.3. The van der Waals surface area contributed by atoms with Crippen molar-refractivity contribution in [2.24, 2.45) is 5.41 Å². The maximum absolute atomic E-state index is 14.1. The number of carbonyl (C=O) groups is 1. The number of methoxy groups -OCH3 is 2. The number of hydrogen-bond acceptors (Lipinski definition) is 3. The van der Waals surface area contributed by atoms with Gasteiger partial charge in [-0.15, -0.1) is 0 Å². The van der Waals surface area contributed by atoms with E-state index in [0.29, 0.717) is 22.7 Å². The normalized spacial score (nSPS) is 21.0. The highest BCUT2D eigenvalue weighted by atomic mass is 35.5. The Labute approximate surface area is 139 Å². The van der Waals surface area contributed by atoms with Crippen LogP contribution >= 0.6 is 11.6 Å². The number of carboxylic acids is 1. The second-order valence-electron chi connectivity index (χ2n) is 5.59. The highest BCUT2D eigenvalue weighted by molar-refractivity contribution is 6.30. The number of rotatable bonds is 5. The predicted molar refractivity (Wildman–Crippen MR) is 84.6 cm³/mol. The van der Waals surface area contributed by atoms with E-state index in [2.05, 4.69) is 0 Å². The zero-order chi connectivity index (χ0) is 17.2. The molecular weight excluding hydrogens is 323 g/mol. The molecule has 0 saturated heterocycles. The van der Waals surface area contributed by atoms with Gasteiger partial charge in [-0.1, -0.05) is 23.7 Å². The Morgan fingerprint density at radius 3 is 2.65 bits per heavy atom. The molecule has 0 fully saturated rings. The molecule has 6 heteroatoms. The molecule has 1 aliphatic rings. The van der Waals surface area contributed by atoms with Crippen molar-refractivity contribution in [3.05, 3.63) is 57.8 Å². The van der Waals surface area contributed by atoms with Crippen LogP contribution in [0.3, 0.4) is 0 Å². The Balaban J connectivity index is 2.46. The van der Waals surface area contributed by atoms with Crippen molar-refractivity contribution in [2.45, 2.75) is 19.8 Å². The van der Waals surface area contributed by atoms with Crippen molar-refractivity contribution >= 4 is 17.6 Å². The summed E-state index contributed by atoms with van der Waals surface area (Å²) < 4.78 is 24.7. The van der Waals surface area contributed by atoms with Crippen LogP contribution in [-0.2, 0) is 20.7 Å². The van der Waals surface area contributed by atoms with E-state index >= 15 is 0 Å². The van der Waals surface area contributed by atoms with Crippen LogP contribution in [0.1, 0.15) is 18.9 Å². The van der Waals surface area contributed by atoms with Crippen molar-refractivity contribution in [1.82, 2.24) is 0 Å². The Morgan fingerprint density at radius 2 is 2.09 bits per heavy atom. The molecule has 0 spiro atoms. The van der Waals surface area contributed by atoms with E-state index < -0.39 is 17.2 Å². The van der Waals surface area contributed by atoms with Crippen molar-refractivity contribution in [2.75, 3.05) is 14.2 Å². The zero-order valence-corrected chi connectivity index (χ0v) is 13.9. The summed E-state index contributed by atoms with van der Waals surface area (Å²) in [7, 11) is 2.90. The average Bonchev–Trinajstić information content (AvgIpc) is 2.52. The third-order valence-electron chi connectivity index (χ3n) is 4.07. The van der Waals surface area contributed by atoms with E-state index in [1.807, 2.05) is 0 Å². The average molecular weight is 341 g/mol. The van der Waals surface area contributed by atoms with E-state index in [1.165, 1.54) is 20.3 Å². The Morgan fingerprint density at radius 1 is 1.39 bits per heavy atom. The molecule has 1 aromatic rings. The van der Waals surface area contributed by atoms with Gasteiger partial charge in [-0.05, 0) is 30.5 Å². The molecule has 0 amide bonds. The summed E-state index contributed by atoms with van der Waals surface area (Å²) in [4.78, 5) is 11.7. The molecule has 2 rings (SSSR count). The molecule has 23 heavy (non-hydrogen) atoms. The van der Waals surface area contributed by atoms with Gasteiger partial charge in [0.25, 0.3) is 0 Å². The molecule has 0 aliphatic heterocycles. The number of aliphatic carboxylic acids is 1. The fourth-order valence-corrected chi connectivity index (χ4v) is 2.91. The lowest BCUT2D eigenvalue weighted by Gasteiger charge is -2.32. The number of halogens is 2. The molecule has 0 heterocycles. The van der Waals surface area contributed by atoms with Crippen molar-refractivity contribution in [3.63, 3.8) is 0 Å². The molecule has 0 radical (unpaired) electrons. The maximum atomic E-state index is 14.1. The van der Waals surface area contributed by atoms with Gasteiger partial charge < -0.3 is 14.6 Å². The van der Waals surface area contributed by atoms with E-state index in [9.17, 15) is 14.3 Å². The molecular formula is C17H18ClFO4. The fourth-order valence-electron chi connectivity index (χ4n) is 2.71. The van der Waals surface area contributed by atoms with E-state index in [0.717, 1.165) is 0 Å². The molecule has 1 unspecified atom stereocenters. The minimum Gasteiger partial charge on any atom is -0.500 e. The summed E-state index contributed by atoms with van der Waals surface area (Å²) in [6.07, 6.45) is 1.93. The minimum atomic E-state index is -1.22. The van der Waals surface area contributed by atoms with Gasteiger partial charge >= 0.3 is 5.97 Å². The maximum Gasteiger partial charge on any atom is 0.317 e. The number of allylic oxidation sites excluding steroid dienone is 2. The first-order valence-corrected chi connectivity index (χ1v) is 7.39. The van der Waals surface area contributed by atoms with Crippen LogP contribution in [0.15, 0.2) is 41.4 Å². The summed E-state index contributed by atoms with van der Waals surface area (Å²) in [6, 6.07) is 4.75. The van der Waals surface area contributed by atoms with Gasteiger partial charge in [0.15, 0.2) is 0 Å². The summed E-state index contributed by atoms with van der Waals surface area (Å²) in [5.41, 5.74) is -0.148. The summed E-state index contributed by atoms with van der Waals surface area (Å²) in [5.74, 6) is -0.724. The highest BCUT2D eigenvalue weighted by Gasteiger charge is 2.43. The van der Waals surface area contributed by atoms with Crippen LogP contribution in [0.25, 0.3) is 0 Å². The lowest BCUT2D eigenvalue weighted by molar-refractivity contribution is -0.147. The smallest absolute Gasteiger partial charge is 0.317 e. The standard InChI is InChI=1S/C17H18ClFO4/c1-17(16(20)21)9-11(13(22-2)8-14(17)23-3)7-10-5-4-6-12(18)15(10)19/h4-6,8H,7,9H2,1-3H3,(H,20,21). The molecule has 0 aromatic heterocycles. The monoisotopic (exact) mass is 340 g/mol. The predicted octanol–water partition coefficient (Wildman–Crippen LogP) is 3.95. The topological polar surface area (TPSA) is 55.8 Å². The molecule has 1 N–H and O–H groups in total. The second kappa shape index (κ2) is 6.62. The molecule has 124 valence electrons. The van der Waals surface area contributed by atoms with Gasteiger partial charge in [-0.25, -0.2) is 4.39 Å². The molecule has 1 aromatic carbocycles. The zero-order valence-electron chi connectivity index (χ0n) is 13.2. The quantitative estimate of drug-likeness (QED) is 0.881. The highest BCUT2D eigenvalue weighted by Crippen LogP contribution is 2.42. The SMILES string of the molecule is COC1=CC(OC)=C(Cc2cccc(Cl)c2F)CC1(C)C(=O)O. The second-order valence-corrected chi connectivity index (χ2v) is 6.00. The molecule has 1 aliphatic carbocycles. The van der Waals surface area contributed by atoms with Crippen LogP contribution in [0.5, 0.6) is 0 Å². The third-order valence-corrected chi connectivity index (χ3v) is 4.36. The van der Waals surface area contributed by atoms with Gasteiger partial charge in [0, 0.05) is 12.5 Å². The van der Waals surface area contributed by atoms with Crippen LogP contribution in [0.2, 0.25) is 5.02 Å². The van der Waals surface area contributed by atoms with Gasteiger partial charge in [-0.2, -0.15) is 0 Å². The first-order valence-electron chi connectivity index (χ1n) is 7.02. The number of carboxylic acid groups (broad SMARTS) is 1. The summed E-state index contributed by atoms with van der Waals surface area (Å²) >= 11 is 5.81. The molecule has 1 atom stereocenters. The van der Waals surface area contributed by atoms with Gasteiger partial charge in [0.1, 0.15) is 22.8 Å². The lowest BCUT2D eigenvalue weighted by Crippen LogP contribution is -2.34. The minimum absolute atomic E-state index is 0.0343. The Hall–Kier alpha value is -2.01. The lowest BCUT2D eigenvalue weighted by atomic mass is 9.76. The Bertz CT molecular complexity index is 696. The van der Waals surface area contributed by atoms with E-state index in [-0.39, 0.29) is 17.9 Å². The summed E-state index contributed by atoms with van der Waals surface area (Å²) in [6.45, 7) is 1.57. The van der Waals surface area contributed by atoms with Gasteiger partial charge in [-0.3, -0.25) is 4.79 Å². The van der Waals surface area contributed by atoms with Crippen molar-refractivity contribution in [1.29, 1.82) is 0 Å². The van der Waals surface area contributed by atoms with E-state index in [1.54, 1.807) is 25.1 Å². The first-order chi connectivity index (χ1) is 10.8. The van der Waals surface area contributed by atoms with Crippen LogP contribution in [0, 0.1) is 11.2 Å². The Kier molecular flexibility index (Phi) is 5.00. The number of ether oxygens (including phenoxy) is 2. The summed E-state index contributed by atoms with van der Waals surface area (Å²) in [5, 5.41) is 9.60. The largest absolute Gasteiger partial charge is 0.500 e. The van der Waals surface area contributed by atoms with Crippen LogP contribution in [0.4, 0.5) is 4.39 Å². The van der Waals surface area contributed by atoms with Crippen molar-refractivity contribution < 1.29 is 23.8 Å². The van der Waals surface area contributed by atoms with Crippen LogP contribution in [-0.4, -0.2) is 25.3 Å². The fraction of sp³-hybridized carbons (Fsp3) is 0.353. The van der Waals surface area contributed by atoms with E-state index in [4.69, 9.17) is 21.1 Å².